The SMILES string of the molecule is CC(C)(C)c1nc(SC2(c3cccc(C(F)(F)F)c3)N=NN=N2)sc1Br. The lowest BCUT2D eigenvalue weighted by atomic mass is 9.93. The third-order valence-corrected chi connectivity index (χ3v) is 6.42. The molecule has 0 N–H and O–H groups in total. The van der Waals surface area contributed by atoms with Gasteiger partial charge in [-0.25, -0.2) is 4.98 Å². The monoisotopic (exact) mass is 463 g/mol. The van der Waals surface area contributed by atoms with Crippen molar-refractivity contribution in [2.75, 3.05) is 0 Å². The summed E-state index contributed by atoms with van der Waals surface area (Å²) in [7, 11) is 0. The van der Waals surface area contributed by atoms with Crippen LogP contribution in [0.25, 0.3) is 0 Å². The van der Waals surface area contributed by atoms with Crippen molar-refractivity contribution in [2.45, 2.75) is 41.7 Å². The van der Waals surface area contributed by atoms with Crippen molar-refractivity contribution in [3.05, 3.63) is 44.9 Å². The fourth-order valence-electron chi connectivity index (χ4n) is 2.21. The van der Waals surface area contributed by atoms with Gasteiger partial charge in [-0.3, -0.25) is 0 Å². The van der Waals surface area contributed by atoms with Crippen LogP contribution in [0.15, 0.2) is 53.1 Å². The highest BCUT2D eigenvalue weighted by atomic mass is 79.9. The molecule has 5 nitrogen and oxygen atoms in total. The second-order valence-electron chi connectivity index (χ2n) is 6.52. The Morgan fingerprint density at radius 3 is 2.31 bits per heavy atom. The van der Waals surface area contributed by atoms with Crippen LogP contribution in [0.2, 0.25) is 0 Å². The molecule has 0 bridgehead atoms. The zero-order chi connectivity index (χ0) is 19.2. The Morgan fingerprint density at radius 1 is 1.12 bits per heavy atom. The van der Waals surface area contributed by atoms with Crippen molar-refractivity contribution in [1.29, 1.82) is 0 Å². The number of halogens is 4. The maximum absolute atomic E-state index is 13.1. The number of hydrogen-bond acceptors (Lipinski definition) is 7. The molecule has 0 unspecified atom stereocenters. The highest BCUT2D eigenvalue weighted by Crippen LogP contribution is 2.50. The highest BCUT2D eigenvalue weighted by Gasteiger charge is 2.41. The molecule has 0 saturated carbocycles. The second-order valence-corrected chi connectivity index (χ2v) is 10.3. The summed E-state index contributed by atoms with van der Waals surface area (Å²) in [5.74, 6) is 0. The summed E-state index contributed by atoms with van der Waals surface area (Å²) in [5, 5.41) is 15.0. The fourth-order valence-corrected chi connectivity index (χ4v) is 5.95. The summed E-state index contributed by atoms with van der Waals surface area (Å²) in [6.45, 7) is 6.08. The third-order valence-electron chi connectivity index (χ3n) is 3.47. The Hall–Kier alpha value is -1.33. The van der Waals surface area contributed by atoms with E-state index in [0.717, 1.165) is 33.4 Å². The summed E-state index contributed by atoms with van der Waals surface area (Å²) < 4.78 is 40.7. The first kappa shape index (κ1) is 19.4. The van der Waals surface area contributed by atoms with Crippen LogP contribution in [0.1, 0.15) is 37.6 Å². The standard InChI is InChI=1S/C15H13BrF3N5S2/c1-13(2,3)10-11(16)25-12(20-10)26-15(21-23-24-22-15)9-6-4-5-8(7-9)14(17,18)19/h4-7H,1-3H3. The minimum absolute atomic E-state index is 0.184. The number of hydrogen-bond donors (Lipinski definition) is 0. The molecule has 0 atom stereocenters. The van der Waals surface area contributed by atoms with Crippen LogP contribution in [0.4, 0.5) is 13.2 Å². The maximum Gasteiger partial charge on any atom is 0.416 e. The van der Waals surface area contributed by atoms with Gasteiger partial charge in [-0.05, 0) is 50.3 Å². The van der Waals surface area contributed by atoms with Crippen LogP contribution in [0.5, 0.6) is 0 Å². The van der Waals surface area contributed by atoms with Crippen molar-refractivity contribution >= 4 is 39.0 Å². The predicted octanol–water partition coefficient (Wildman–Crippen LogP) is 6.96. The number of benzene rings is 1. The van der Waals surface area contributed by atoms with Crippen LogP contribution in [-0.2, 0) is 16.6 Å². The van der Waals surface area contributed by atoms with E-state index in [1.807, 2.05) is 20.8 Å². The topological polar surface area (TPSA) is 62.3 Å². The largest absolute Gasteiger partial charge is 0.416 e. The lowest BCUT2D eigenvalue weighted by Crippen LogP contribution is -2.16. The van der Waals surface area contributed by atoms with Gasteiger partial charge in [0.25, 0.3) is 4.99 Å². The maximum atomic E-state index is 13.1. The van der Waals surface area contributed by atoms with Crippen LogP contribution < -0.4 is 0 Å². The van der Waals surface area contributed by atoms with Crippen LogP contribution >= 0.6 is 39.0 Å². The average Bonchev–Trinajstić information content (AvgIpc) is 3.14. The molecule has 0 aliphatic carbocycles. The summed E-state index contributed by atoms with van der Waals surface area (Å²) in [5.41, 5.74) is 0.140. The van der Waals surface area contributed by atoms with E-state index in [-0.39, 0.29) is 11.0 Å². The van der Waals surface area contributed by atoms with Crippen molar-refractivity contribution in [3.63, 3.8) is 0 Å². The van der Waals surface area contributed by atoms with Gasteiger partial charge in [0.2, 0.25) is 0 Å². The predicted molar refractivity (Wildman–Crippen MR) is 97.2 cm³/mol. The first-order valence-corrected chi connectivity index (χ1v) is 9.81. The average molecular weight is 464 g/mol. The third kappa shape index (κ3) is 3.84. The molecular weight excluding hydrogens is 451 g/mol. The van der Waals surface area contributed by atoms with Crippen LogP contribution in [0, 0.1) is 0 Å². The first-order valence-electron chi connectivity index (χ1n) is 7.39. The molecule has 0 spiro atoms. The Kier molecular flexibility index (Phi) is 4.99. The van der Waals surface area contributed by atoms with Gasteiger partial charge in [0, 0.05) is 11.0 Å². The molecule has 2 heterocycles. The van der Waals surface area contributed by atoms with Gasteiger partial charge in [0.15, 0.2) is 4.34 Å². The Morgan fingerprint density at radius 2 is 1.77 bits per heavy atom. The normalized spacial score (nSPS) is 16.4. The van der Waals surface area contributed by atoms with Crippen molar-refractivity contribution < 1.29 is 13.2 Å². The van der Waals surface area contributed by atoms with E-state index in [0.29, 0.717) is 4.34 Å². The van der Waals surface area contributed by atoms with E-state index in [2.05, 4.69) is 41.6 Å². The molecule has 138 valence electrons. The number of aromatic nitrogens is 1. The molecule has 1 aliphatic heterocycles. The quantitative estimate of drug-likeness (QED) is 0.493. The molecule has 0 fully saturated rings. The van der Waals surface area contributed by atoms with Gasteiger partial charge in [-0.1, -0.05) is 32.9 Å². The lowest BCUT2D eigenvalue weighted by Gasteiger charge is -2.19. The summed E-state index contributed by atoms with van der Waals surface area (Å²) in [6, 6.07) is 4.87. The Bertz CT molecular complexity index is 874. The summed E-state index contributed by atoms with van der Waals surface area (Å²) in [4.78, 5) is 3.19. The van der Waals surface area contributed by atoms with Gasteiger partial charge >= 0.3 is 6.18 Å². The molecule has 1 aromatic carbocycles. The molecular formula is C15H13BrF3N5S2. The lowest BCUT2D eigenvalue weighted by molar-refractivity contribution is -0.137. The molecule has 0 radical (unpaired) electrons. The molecule has 0 amide bonds. The summed E-state index contributed by atoms with van der Waals surface area (Å²) >= 11 is 5.99. The van der Waals surface area contributed by atoms with Crippen LogP contribution in [0.3, 0.4) is 0 Å². The zero-order valence-electron chi connectivity index (χ0n) is 13.9. The molecule has 1 aliphatic rings. The molecule has 1 aromatic heterocycles. The van der Waals surface area contributed by atoms with E-state index < -0.39 is 16.7 Å². The number of nitrogens with zero attached hydrogens (tertiary/aromatic N) is 5. The molecule has 3 rings (SSSR count). The van der Waals surface area contributed by atoms with E-state index >= 15 is 0 Å². The number of alkyl halides is 3. The second kappa shape index (κ2) is 6.68. The van der Waals surface area contributed by atoms with Crippen LogP contribution in [-0.4, -0.2) is 4.98 Å². The highest BCUT2D eigenvalue weighted by molar-refractivity contribution is 9.11. The van der Waals surface area contributed by atoms with Crippen molar-refractivity contribution in [3.8, 4) is 0 Å². The van der Waals surface area contributed by atoms with Gasteiger partial charge in [0.1, 0.15) is 0 Å². The Balaban J connectivity index is 2.01. The first-order chi connectivity index (χ1) is 12.0. The number of thioether (sulfide) groups is 1. The number of rotatable bonds is 3. The van der Waals surface area contributed by atoms with Gasteiger partial charge < -0.3 is 0 Å². The van der Waals surface area contributed by atoms with Gasteiger partial charge in [0.05, 0.1) is 15.0 Å². The smallest absolute Gasteiger partial charge is 0.233 e. The van der Waals surface area contributed by atoms with Crippen molar-refractivity contribution in [2.24, 2.45) is 20.7 Å². The number of thiazole rings is 1. The fraction of sp³-hybridized carbons (Fsp3) is 0.400. The van der Waals surface area contributed by atoms with Crippen molar-refractivity contribution in [1.82, 2.24) is 4.98 Å². The minimum Gasteiger partial charge on any atom is -0.233 e. The molecule has 26 heavy (non-hydrogen) atoms. The molecule has 11 heteroatoms. The van der Waals surface area contributed by atoms with E-state index in [4.69, 9.17) is 0 Å². The minimum atomic E-state index is -4.46. The molecule has 2 aromatic rings. The zero-order valence-corrected chi connectivity index (χ0v) is 17.1. The Labute approximate surface area is 164 Å². The van der Waals surface area contributed by atoms with E-state index in [9.17, 15) is 13.2 Å². The van der Waals surface area contributed by atoms with Gasteiger partial charge in [-0.2, -0.15) is 13.2 Å². The summed E-state index contributed by atoms with van der Waals surface area (Å²) in [6.07, 6.45) is -4.46. The van der Waals surface area contributed by atoms with E-state index in [1.165, 1.54) is 23.5 Å². The van der Waals surface area contributed by atoms with Gasteiger partial charge in [-0.15, -0.1) is 21.6 Å². The van der Waals surface area contributed by atoms with E-state index in [1.54, 1.807) is 0 Å². The molecule has 0 saturated heterocycles.